The summed E-state index contributed by atoms with van der Waals surface area (Å²) in [7, 11) is 0. The van der Waals surface area contributed by atoms with Gasteiger partial charge in [-0.15, -0.1) is 11.3 Å². The van der Waals surface area contributed by atoms with Crippen LogP contribution >= 0.6 is 38.9 Å². The van der Waals surface area contributed by atoms with E-state index >= 15 is 0 Å². The van der Waals surface area contributed by atoms with E-state index in [1.165, 1.54) is 11.3 Å². The number of hydrogen-bond acceptors (Lipinski definition) is 2. The highest BCUT2D eigenvalue weighted by molar-refractivity contribution is 9.09. The summed E-state index contributed by atoms with van der Waals surface area (Å²) >= 11 is 11.5. The molecule has 2 heterocycles. The average molecular weight is 296 g/mol. The minimum atomic E-state index is 0.357. The molecule has 1 aliphatic rings. The fourth-order valence-corrected chi connectivity index (χ4v) is 4.07. The lowest BCUT2D eigenvalue weighted by Gasteiger charge is -2.26. The third-order valence-electron chi connectivity index (χ3n) is 2.50. The Morgan fingerprint density at radius 2 is 2.50 bits per heavy atom. The molecule has 2 unspecified atom stereocenters. The molecule has 4 heteroatoms. The van der Waals surface area contributed by atoms with Crippen LogP contribution in [0.2, 0.25) is 5.02 Å². The van der Waals surface area contributed by atoms with Crippen LogP contribution in [0.25, 0.3) is 0 Å². The Morgan fingerprint density at radius 1 is 1.64 bits per heavy atom. The van der Waals surface area contributed by atoms with Gasteiger partial charge in [0, 0.05) is 11.5 Å². The summed E-state index contributed by atoms with van der Waals surface area (Å²) in [5.41, 5.74) is 0. The molecule has 2 atom stereocenters. The summed E-state index contributed by atoms with van der Waals surface area (Å²) in [5.74, 6) is 0.569. The van der Waals surface area contributed by atoms with Crippen LogP contribution in [0.5, 0.6) is 0 Å². The molecule has 1 saturated heterocycles. The van der Waals surface area contributed by atoms with Gasteiger partial charge in [-0.2, -0.15) is 0 Å². The highest BCUT2D eigenvalue weighted by Gasteiger charge is 2.25. The lowest BCUT2D eigenvalue weighted by Crippen LogP contribution is -2.20. The Labute approximate surface area is 102 Å². The molecule has 0 aliphatic carbocycles. The van der Waals surface area contributed by atoms with Crippen LogP contribution in [0, 0.1) is 5.92 Å². The Bertz CT molecular complexity index is 296. The zero-order valence-corrected chi connectivity index (χ0v) is 10.9. The van der Waals surface area contributed by atoms with Gasteiger partial charge in [0.1, 0.15) is 0 Å². The van der Waals surface area contributed by atoms with Crippen molar-refractivity contribution in [2.24, 2.45) is 5.92 Å². The molecular weight excluding hydrogens is 284 g/mol. The molecule has 2 rings (SSSR count). The number of ether oxygens (including phenoxy) is 1. The van der Waals surface area contributed by atoms with Gasteiger partial charge >= 0.3 is 0 Å². The number of halogens is 2. The lowest BCUT2D eigenvalue weighted by atomic mass is 9.98. The zero-order chi connectivity index (χ0) is 9.97. The van der Waals surface area contributed by atoms with Crippen LogP contribution in [-0.4, -0.2) is 13.2 Å². The van der Waals surface area contributed by atoms with Gasteiger partial charge in [-0.05, 0) is 30.2 Å². The van der Waals surface area contributed by atoms with E-state index in [4.69, 9.17) is 16.3 Å². The Balaban J connectivity index is 2.07. The summed E-state index contributed by atoms with van der Waals surface area (Å²) in [6.45, 7) is 1.76. The van der Waals surface area contributed by atoms with Crippen LogP contribution in [0.15, 0.2) is 11.4 Å². The number of alkyl halides is 1. The second kappa shape index (κ2) is 4.97. The molecule has 1 aliphatic heterocycles. The molecule has 0 amide bonds. The number of rotatable bonds is 2. The van der Waals surface area contributed by atoms with Crippen LogP contribution in [-0.2, 0) is 4.74 Å². The minimum absolute atomic E-state index is 0.357. The van der Waals surface area contributed by atoms with Crippen molar-refractivity contribution < 1.29 is 4.74 Å². The minimum Gasteiger partial charge on any atom is -0.381 e. The molecule has 0 saturated carbocycles. The Morgan fingerprint density at radius 3 is 3.07 bits per heavy atom. The largest absolute Gasteiger partial charge is 0.381 e. The fourth-order valence-electron chi connectivity index (χ4n) is 1.71. The standard InChI is InChI=1S/C10H12BrClOS/c11-9(7-2-1-4-13-6-7)10-8(12)3-5-14-10/h3,5,7,9H,1-2,4,6H2. The number of thiophene rings is 1. The number of hydrogen-bond donors (Lipinski definition) is 0. The van der Waals surface area contributed by atoms with E-state index in [0.29, 0.717) is 10.7 Å². The molecule has 0 radical (unpaired) electrons. The predicted octanol–water partition coefficient (Wildman–Crippen LogP) is 4.26. The monoisotopic (exact) mass is 294 g/mol. The van der Waals surface area contributed by atoms with E-state index in [1.807, 2.05) is 11.4 Å². The van der Waals surface area contributed by atoms with Crippen molar-refractivity contribution in [1.29, 1.82) is 0 Å². The fraction of sp³-hybridized carbons (Fsp3) is 0.600. The molecule has 1 fully saturated rings. The summed E-state index contributed by atoms with van der Waals surface area (Å²) < 4.78 is 5.47. The zero-order valence-electron chi connectivity index (χ0n) is 7.71. The second-order valence-corrected chi connectivity index (χ2v) is 5.85. The van der Waals surface area contributed by atoms with Crippen molar-refractivity contribution in [3.63, 3.8) is 0 Å². The molecule has 0 bridgehead atoms. The van der Waals surface area contributed by atoms with E-state index in [9.17, 15) is 0 Å². The van der Waals surface area contributed by atoms with Crippen molar-refractivity contribution in [2.75, 3.05) is 13.2 Å². The topological polar surface area (TPSA) is 9.23 Å². The van der Waals surface area contributed by atoms with Crippen molar-refractivity contribution in [1.82, 2.24) is 0 Å². The lowest BCUT2D eigenvalue weighted by molar-refractivity contribution is 0.0549. The first-order valence-corrected chi connectivity index (χ1v) is 6.91. The molecule has 78 valence electrons. The van der Waals surface area contributed by atoms with Crippen molar-refractivity contribution in [3.05, 3.63) is 21.3 Å². The molecule has 0 spiro atoms. The van der Waals surface area contributed by atoms with E-state index in [2.05, 4.69) is 15.9 Å². The van der Waals surface area contributed by atoms with E-state index in [1.54, 1.807) is 11.3 Å². The maximum Gasteiger partial charge on any atom is 0.0556 e. The van der Waals surface area contributed by atoms with Gasteiger partial charge < -0.3 is 4.74 Å². The van der Waals surface area contributed by atoms with Gasteiger partial charge in [0.2, 0.25) is 0 Å². The SMILES string of the molecule is Clc1ccsc1C(Br)C1CCCOC1. The highest BCUT2D eigenvalue weighted by atomic mass is 79.9. The third-order valence-corrected chi connectivity index (χ3v) is 5.45. The summed E-state index contributed by atoms with van der Waals surface area (Å²) in [5, 5.41) is 2.91. The maximum absolute atomic E-state index is 6.09. The van der Waals surface area contributed by atoms with Crippen molar-refractivity contribution >= 4 is 38.9 Å². The predicted molar refractivity (Wildman–Crippen MR) is 64.5 cm³/mol. The molecule has 14 heavy (non-hydrogen) atoms. The molecule has 0 aromatic carbocycles. The molecule has 0 N–H and O–H groups in total. The first-order valence-electron chi connectivity index (χ1n) is 4.73. The van der Waals surface area contributed by atoms with E-state index in [-0.39, 0.29) is 0 Å². The maximum atomic E-state index is 6.09. The van der Waals surface area contributed by atoms with E-state index < -0.39 is 0 Å². The Kier molecular flexibility index (Phi) is 3.88. The van der Waals surface area contributed by atoms with Crippen LogP contribution < -0.4 is 0 Å². The molecule has 1 nitrogen and oxygen atoms in total. The second-order valence-electron chi connectivity index (χ2n) is 3.51. The molecule has 1 aromatic heterocycles. The van der Waals surface area contributed by atoms with Crippen LogP contribution in [0.1, 0.15) is 22.5 Å². The van der Waals surface area contributed by atoms with Gasteiger partial charge in [-0.1, -0.05) is 27.5 Å². The third kappa shape index (κ3) is 2.32. The van der Waals surface area contributed by atoms with E-state index in [0.717, 1.165) is 24.7 Å². The molecular formula is C10H12BrClOS. The smallest absolute Gasteiger partial charge is 0.0556 e. The molecule has 1 aromatic rings. The highest BCUT2D eigenvalue weighted by Crippen LogP contribution is 2.41. The summed E-state index contributed by atoms with van der Waals surface area (Å²) in [4.78, 5) is 1.59. The average Bonchev–Trinajstić information content (AvgIpc) is 2.65. The van der Waals surface area contributed by atoms with Crippen LogP contribution in [0.4, 0.5) is 0 Å². The normalized spacial score (nSPS) is 24.9. The van der Waals surface area contributed by atoms with Gasteiger partial charge in [0.05, 0.1) is 16.5 Å². The Hall–Kier alpha value is 0.430. The quantitative estimate of drug-likeness (QED) is 0.741. The van der Waals surface area contributed by atoms with Crippen molar-refractivity contribution in [3.8, 4) is 0 Å². The first-order chi connectivity index (χ1) is 6.79. The van der Waals surface area contributed by atoms with Gasteiger partial charge in [0.15, 0.2) is 0 Å². The summed E-state index contributed by atoms with van der Waals surface area (Å²) in [6.07, 6.45) is 2.39. The van der Waals surface area contributed by atoms with Crippen molar-refractivity contribution in [2.45, 2.75) is 17.7 Å². The van der Waals surface area contributed by atoms with Crippen LogP contribution in [0.3, 0.4) is 0 Å². The first kappa shape index (κ1) is 10.9. The van der Waals surface area contributed by atoms with Gasteiger partial charge in [0.25, 0.3) is 0 Å². The van der Waals surface area contributed by atoms with Gasteiger partial charge in [-0.3, -0.25) is 0 Å². The summed E-state index contributed by atoms with van der Waals surface area (Å²) in [6, 6.07) is 1.96. The van der Waals surface area contributed by atoms with Gasteiger partial charge in [-0.25, -0.2) is 0 Å².